The van der Waals surface area contributed by atoms with E-state index in [1.807, 2.05) is 42.1 Å². The lowest BCUT2D eigenvalue weighted by atomic mass is 9.66. The molecule has 0 N–H and O–H groups in total. The summed E-state index contributed by atoms with van der Waals surface area (Å²) in [5.74, 6) is 1.25. The number of pyridine rings is 1. The molecule has 25 heavy (non-hydrogen) atoms. The first-order valence-corrected chi connectivity index (χ1v) is 9.13. The Hall–Kier alpha value is -1.66. The van der Waals surface area contributed by atoms with Crippen LogP contribution in [0.15, 0.2) is 24.4 Å². The second-order valence-electron chi connectivity index (χ2n) is 7.48. The van der Waals surface area contributed by atoms with Crippen molar-refractivity contribution in [1.82, 2.24) is 14.8 Å². The normalized spacial score (nSPS) is 23.0. The van der Waals surface area contributed by atoms with Gasteiger partial charge in [-0.15, -0.1) is 0 Å². The highest BCUT2D eigenvalue weighted by atomic mass is 16.5. The fourth-order valence-electron chi connectivity index (χ4n) is 3.96. The third-order valence-electron chi connectivity index (χ3n) is 5.56. The van der Waals surface area contributed by atoms with Crippen LogP contribution >= 0.6 is 0 Å². The maximum Gasteiger partial charge on any atom is 0.236 e. The van der Waals surface area contributed by atoms with Gasteiger partial charge >= 0.3 is 0 Å². The number of carbonyl (C=O) groups excluding carboxylic acids is 1. The average Bonchev–Trinajstić information content (AvgIpc) is 2.62. The first-order chi connectivity index (χ1) is 12.1. The lowest BCUT2D eigenvalue weighted by Crippen LogP contribution is -2.52. The molecule has 6 heteroatoms. The van der Waals surface area contributed by atoms with E-state index < -0.39 is 0 Å². The Morgan fingerprint density at radius 1 is 1.36 bits per heavy atom. The summed E-state index contributed by atoms with van der Waals surface area (Å²) < 4.78 is 11.7. The van der Waals surface area contributed by atoms with E-state index in [-0.39, 0.29) is 11.3 Å². The van der Waals surface area contributed by atoms with Crippen LogP contribution in [0.3, 0.4) is 0 Å². The van der Waals surface area contributed by atoms with Crippen molar-refractivity contribution in [2.45, 2.75) is 19.3 Å². The Bertz CT molecular complexity index is 556. The van der Waals surface area contributed by atoms with E-state index in [1.165, 1.54) is 0 Å². The molecule has 1 amide bonds. The molecule has 0 aromatic carbocycles. The van der Waals surface area contributed by atoms with Crippen LogP contribution in [0.2, 0.25) is 0 Å². The summed E-state index contributed by atoms with van der Waals surface area (Å²) in [6.07, 6.45) is 4.87. The van der Waals surface area contributed by atoms with Crippen LogP contribution in [0.4, 0.5) is 0 Å². The van der Waals surface area contributed by atoms with Crippen LogP contribution in [0.5, 0.6) is 5.88 Å². The number of hydrogen-bond donors (Lipinski definition) is 0. The van der Waals surface area contributed by atoms with E-state index in [0.29, 0.717) is 24.9 Å². The minimum atomic E-state index is 0.224. The van der Waals surface area contributed by atoms with E-state index in [0.717, 1.165) is 45.6 Å². The van der Waals surface area contributed by atoms with Crippen LogP contribution < -0.4 is 4.74 Å². The molecule has 6 nitrogen and oxygen atoms in total. The molecule has 2 fully saturated rings. The van der Waals surface area contributed by atoms with Gasteiger partial charge in [0.25, 0.3) is 0 Å². The maximum atomic E-state index is 12.3. The van der Waals surface area contributed by atoms with Gasteiger partial charge in [0.05, 0.1) is 19.8 Å². The predicted molar refractivity (Wildman–Crippen MR) is 95.5 cm³/mol. The number of rotatable bonds is 5. The average molecular weight is 347 g/mol. The summed E-state index contributed by atoms with van der Waals surface area (Å²) in [5, 5.41) is 0. The van der Waals surface area contributed by atoms with E-state index in [4.69, 9.17) is 9.47 Å². The van der Waals surface area contributed by atoms with Gasteiger partial charge in [-0.25, -0.2) is 4.98 Å². The summed E-state index contributed by atoms with van der Waals surface area (Å²) in [5.41, 5.74) is 0.224. The summed E-state index contributed by atoms with van der Waals surface area (Å²) in [6, 6.07) is 5.71. The Balaban J connectivity index is 1.58. The van der Waals surface area contributed by atoms with E-state index in [2.05, 4.69) is 4.98 Å². The number of likely N-dealkylation sites (tertiary alicyclic amines) is 1. The second kappa shape index (κ2) is 8.15. The number of carbonyl (C=O) groups is 1. The van der Waals surface area contributed by atoms with Crippen LogP contribution in [0.1, 0.15) is 19.3 Å². The van der Waals surface area contributed by atoms with Crippen LogP contribution in [0, 0.1) is 11.3 Å². The smallest absolute Gasteiger partial charge is 0.236 e. The number of hydrogen-bond acceptors (Lipinski definition) is 5. The van der Waals surface area contributed by atoms with Gasteiger partial charge in [0.2, 0.25) is 11.8 Å². The molecule has 0 aliphatic carbocycles. The quantitative estimate of drug-likeness (QED) is 0.811. The maximum absolute atomic E-state index is 12.3. The third-order valence-corrected chi connectivity index (χ3v) is 5.56. The fourth-order valence-corrected chi connectivity index (χ4v) is 3.96. The summed E-state index contributed by atoms with van der Waals surface area (Å²) >= 11 is 0. The molecule has 2 saturated heterocycles. The summed E-state index contributed by atoms with van der Waals surface area (Å²) in [4.78, 5) is 20.5. The van der Waals surface area contributed by atoms with Crippen molar-refractivity contribution in [2.75, 3.05) is 53.6 Å². The number of nitrogens with zero attached hydrogens (tertiary/aromatic N) is 3. The first-order valence-electron chi connectivity index (χ1n) is 9.13. The number of aromatic nitrogens is 1. The Labute approximate surface area is 150 Å². The van der Waals surface area contributed by atoms with Gasteiger partial charge in [-0.2, -0.15) is 0 Å². The van der Waals surface area contributed by atoms with Gasteiger partial charge in [0.15, 0.2) is 0 Å². The molecule has 1 aromatic heterocycles. The van der Waals surface area contributed by atoms with Gasteiger partial charge in [-0.3, -0.25) is 4.79 Å². The minimum absolute atomic E-state index is 0.224. The summed E-state index contributed by atoms with van der Waals surface area (Å²) in [6.45, 7) is 4.34. The molecule has 1 unspecified atom stereocenters. The van der Waals surface area contributed by atoms with E-state index in [9.17, 15) is 4.79 Å². The monoisotopic (exact) mass is 347 g/mol. The zero-order valence-corrected chi connectivity index (χ0v) is 15.3. The fraction of sp³-hybridized carbons (Fsp3) is 0.684. The van der Waals surface area contributed by atoms with Gasteiger partial charge in [0.1, 0.15) is 0 Å². The zero-order chi connectivity index (χ0) is 17.7. The first kappa shape index (κ1) is 18.1. The van der Waals surface area contributed by atoms with Crippen LogP contribution in [-0.2, 0) is 9.53 Å². The van der Waals surface area contributed by atoms with E-state index in [1.54, 1.807) is 6.20 Å². The van der Waals surface area contributed by atoms with Gasteiger partial charge in [-0.1, -0.05) is 6.07 Å². The standard InChI is InChI=1S/C19H29N3O3/c1-21(2)13-18(23)22-10-6-19(7-11-22)8-12-24-14-16(19)15-25-17-5-3-4-9-20-17/h3-5,9,16H,6-8,10-15H2,1-2H3. The van der Waals surface area contributed by atoms with Crippen molar-refractivity contribution in [2.24, 2.45) is 11.3 Å². The highest BCUT2D eigenvalue weighted by Crippen LogP contribution is 2.44. The van der Waals surface area contributed by atoms with Crippen molar-refractivity contribution < 1.29 is 14.3 Å². The minimum Gasteiger partial charge on any atom is -0.477 e. The molecule has 1 atom stereocenters. The summed E-state index contributed by atoms with van der Waals surface area (Å²) in [7, 11) is 3.87. The molecular weight excluding hydrogens is 318 g/mol. The molecule has 1 spiro atoms. The third kappa shape index (κ3) is 4.50. The SMILES string of the molecule is CN(C)CC(=O)N1CCC2(CCOCC2COc2ccccn2)CC1. The van der Waals surface area contributed by atoms with Crippen molar-refractivity contribution in [1.29, 1.82) is 0 Å². The van der Waals surface area contributed by atoms with Crippen molar-refractivity contribution in [3.05, 3.63) is 24.4 Å². The molecule has 2 aliphatic rings. The van der Waals surface area contributed by atoms with Gasteiger partial charge in [-0.05, 0) is 44.8 Å². The Kier molecular flexibility index (Phi) is 5.91. The highest BCUT2D eigenvalue weighted by Gasteiger charge is 2.44. The lowest BCUT2D eigenvalue weighted by molar-refractivity contribution is -0.138. The lowest BCUT2D eigenvalue weighted by Gasteiger charge is -2.48. The van der Waals surface area contributed by atoms with Gasteiger partial charge < -0.3 is 19.3 Å². The predicted octanol–water partition coefficient (Wildman–Crippen LogP) is 1.67. The topological polar surface area (TPSA) is 54.9 Å². The molecule has 0 radical (unpaired) electrons. The van der Waals surface area contributed by atoms with Crippen LogP contribution in [0.25, 0.3) is 0 Å². The Morgan fingerprint density at radius 2 is 2.16 bits per heavy atom. The largest absolute Gasteiger partial charge is 0.477 e. The molecule has 1 aromatic rings. The molecule has 3 rings (SSSR count). The molecule has 3 heterocycles. The van der Waals surface area contributed by atoms with Crippen LogP contribution in [-0.4, -0.2) is 74.2 Å². The second-order valence-corrected chi connectivity index (χ2v) is 7.48. The molecule has 0 bridgehead atoms. The van der Waals surface area contributed by atoms with E-state index >= 15 is 0 Å². The number of likely N-dealkylation sites (N-methyl/N-ethyl adjacent to an activating group) is 1. The Morgan fingerprint density at radius 3 is 2.84 bits per heavy atom. The molecule has 2 aliphatic heterocycles. The van der Waals surface area contributed by atoms with Crippen molar-refractivity contribution in [3.63, 3.8) is 0 Å². The number of ether oxygens (including phenoxy) is 2. The highest BCUT2D eigenvalue weighted by molar-refractivity contribution is 5.78. The molecule has 0 saturated carbocycles. The van der Waals surface area contributed by atoms with Crippen molar-refractivity contribution >= 4 is 5.91 Å². The zero-order valence-electron chi connectivity index (χ0n) is 15.3. The molecule has 138 valence electrons. The number of amides is 1. The van der Waals surface area contributed by atoms with Crippen molar-refractivity contribution in [3.8, 4) is 5.88 Å². The van der Waals surface area contributed by atoms with Gasteiger partial charge in [0, 0.05) is 37.9 Å². The number of piperidine rings is 1. The molecular formula is C19H29N3O3.